The average Bonchev–Trinajstić information content (AvgIpc) is 3.30. The number of carbonyl (C=O) groups is 1. The molecule has 2 aromatic carbocycles. The number of likely N-dealkylation sites (tertiary alicyclic amines) is 1. The summed E-state index contributed by atoms with van der Waals surface area (Å²) in [5.74, 6) is 1.02. The SMILES string of the molecule is O=C(c1ccc(=O)n(CCOc2ccccc2)n1)N1CCC(c2c[nH]c3ccccc23)CC1. The number of carbonyl (C=O) groups excluding carboxylic acids is 1. The van der Waals surface area contributed by atoms with Crippen LogP contribution in [0.1, 0.15) is 34.8 Å². The average molecular weight is 443 g/mol. The number of piperidine rings is 1. The van der Waals surface area contributed by atoms with Crippen molar-refractivity contribution in [2.75, 3.05) is 19.7 Å². The van der Waals surface area contributed by atoms with Crippen LogP contribution in [0.5, 0.6) is 5.75 Å². The molecule has 0 spiro atoms. The molecular weight excluding hydrogens is 416 g/mol. The molecule has 0 atom stereocenters. The first-order valence-electron chi connectivity index (χ1n) is 11.3. The minimum atomic E-state index is -0.249. The molecule has 1 N–H and O–H groups in total. The molecule has 4 aromatic rings. The second-order valence-electron chi connectivity index (χ2n) is 8.30. The number of fused-ring (bicyclic) bond motifs is 1. The lowest BCUT2D eigenvalue weighted by atomic mass is 9.89. The van der Waals surface area contributed by atoms with E-state index in [0.29, 0.717) is 31.3 Å². The van der Waals surface area contributed by atoms with Crippen molar-refractivity contribution in [1.82, 2.24) is 19.7 Å². The van der Waals surface area contributed by atoms with E-state index >= 15 is 0 Å². The number of aromatic amines is 1. The molecule has 1 saturated heterocycles. The zero-order valence-corrected chi connectivity index (χ0v) is 18.3. The maximum absolute atomic E-state index is 13.1. The van der Waals surface area contributed by atoms with Gasteiger partial charge in [0.15, 0.2) is 0 Å². The summed E-state index contributed by atoms with van der Waals surface area (Å²) in [5, 5.41) is 5.57. The van der Waals surface area contributed by atoms with Gasteiger partial charge in [-0.2, -0.15) is 5.10 Å². The molecule has 5 rings (SSSR count). The van der Waals surface area contributed by atoms with Crippen LogP contribution in [-0.4, -0.2) is 45.3 Å². The lowest BCUT2D eigenvalue weighted by Crippen LogP contribution is -2.39. The fraction of sp³-hybridized carbons (Fsp3) is 0.269. The lowest BCUT2D eigenvalue weighted by Gasteiger charge is -2.31. The van der Waals surface area contributed by atoms with Gasteiger partial charge in [-0.3, -0.25) is 9.59 Å². The molecule has 0 saturated carbocycles. The minimum absolute atomic E-state index is 0.134. The summed E-state index contributed by atoms with van der Waals surface area (Å²) in [7, 11) is 0. The van der Waals surface area contributed by atoms with Crippen LogP contribution in [0, 0.1) is 0 Å². The molecule has 0 unspecified atom stereocenters. The predicted molar refractivity (Wildman–Crippen MR) is 127 cm³/mol. The molecule has 7 heteroatoms. The minimum Gasteiger partial charge on any atom is -0.492 e. The molecule has 1 fully saturated rings. The van der Waals surface area contributed by atoms with Crippen LogP contribution in [0.15, 0.2) is 77.7 Å². The summed E-state index contributed by atoms with van der Waals surface area (Å²) < 4.78 is 6.96. The van der Waals surface area contributed by atoms with Crippen molar-refractivity contribution in [3.05, 3.63) is 94.5 Å². The van der Waals surface area contributed by atoms with Gasteiger partial charge in [0.05, 0.1) is 6.54 Å². The van der Waals surface area contributed by atoms with Crippen LogP contribution in [0.4, 0.5) is 0 Å². The number of hydrogen-bond donors (Lipinski definition) is 1. The van der Waals surface area contributed by atoms with Gasteiger partial charge in [-0.25, -0.2) is 4.68 Å². The third kappa shape index (κ3) is 4.53. The quantitative estimate of drug-likeness (QED) is 0.492. The van der Waals surface area contributed by atoms with Crippen LogP contribution in [-0.2, 0) is 6.54 Å². The van der Waals surface area contributed by atoms with Crippen molar-refractivity contribution in [2.45, 2.75) is 25.3 Å². The van der Waals surface area contributed by atoms with Gasteiger partial charge >= 0.3 is 0 Å². The molecule has 3 heterocycles. The largest absolute Gasteiger partial charge is 0.492 e. The number of ether oxygens (including phenoxy) is 1. The van der Waals surface area contributed by atoms with Gasteiger partial charge in [0.1, 0.15) is 18.1 Å². The standard InChI is InChI=1S/C26H26N4O3/c31-25-11-10-24(28-30(25)16-17-33-20-6-2-1-3-7-20)26(32)29-14-12-19(13-15-29)22-18-27-23-9-5-4-8-21(22)23/h1-11,18-19,27H,12-17H2. The van der Waals surface area contributed by atoms with Crippen LogP contribution < -0.4 is 10.3 Å². The summed E-state index contributed by atoms with van der Waals surface area (Å²) in [6, 6.07) is 20.7. The third-order valence-electron chi connectivity index (χ3n) is 6.24. The Morgan fingerprint density at radius 1 is 1.00 bits per heavy atom. The van der Waals surface area contributed by atoms with Gasteiger partial charge in [0, 0.05) is 36.3 Å². The van der Waals surface area contributed by atoms with E-state index in [1.165, 1.54) is 27.8 Å². The first kappa shape index (κ1) is 21.0. The number of rotatable bonds is 6. The van der Waals surface area contributed by atoms with Crippen LogP contribution in [0.3, 0.4) is 0 Å². The summed E-state index contributed by atoms with van der Waals surface area (Å²) in [6.45, 7) is 1.91. The fourth-order valence-electron chi connectivity index (χ4n) is 4.48. The van der Waals surface area contributed by atoms with Gasteiger partial charge in [-0.05, 0) is 48.6 Å². The van der Waals surface area contributed by atoms with Crippen LogP contribution in [0.2, 0.25) is 0 Å². The fourth-order valence-corrected chi connectivity index (χ4v) is 4.48. The van der Waals surface area contributed by atoms with E-state index in [9.17, 15) is 9.59 Å². The zero-order chi connectivity index (χ0) is 22.6. The third-order valence-corrected chi connectivity index (χ3v) is 6.24. The lowest BCUT2D eigenvalue weighted by molar-refractivity contribution is 0.0704. The number of hydrogen-bond acceptors (Lipinski definition) is 4. The first-order chi connectivity index (χ1) is 16.2. The number of benzene rings is 2. The Hall–Kier alpha value is -3.87. The van der Waals surface area contributed by atoms with Crippen molar-refractivity contribution in [3.63, 3.8) is 0 Å². The van der Waals surface area contributed by atoms with Crippen LogP contribution in [0.25, 0.3) is 10.9 Å². The number of amides is 1. The Bertz CT molecular complexity index is 1300. The van der Waals surface area contributed by atoms with Crippen molar-refractivity contribution in [3.8, 4) is 5.75 Å². The maximum Gasteiger partial charge on any atom is 0.274 e. The van der Waals surface area contributed by atoms with Gasteiger partial charge in [-0.1, -0.05) is 36.4 Å². The highest BCUT2D eigenvalue weighted by Gasteiger charge is 2.27. The second-order valence-corrected chi connectivity index (χ2v) is 8.30. The zero-order valence-electron chi connectivity index (χ0n) is 18.3. The number of para-hydroxylation sites is 2. The Labute approximate surface area is 191 Å². The highest BCUT2D eigenvalue weighted by Crippen LogP contribution is 2.33. The number of nitrogens with zero attached hydrogens (tertiary/aromatic N) is 3. The molecule has 2 aromatic heterocycles. The van der Waals surface area contributed by atoms with Crippen molar-refractivity contribution < 1.29 is 9.53 Å². The topological polar surface area (TPSA) is 80.2 Å². The number of H-pyrrole nitrogens is 1. The van der Waals surface area contributed by atoms with E-state index in [4.69, 9.17) is 4.74 Å². The molecule has 7 nitrogen and oxygen atoms in total. The highest BCUT2D eigenvalue weighted by atomic mass is 16.5. The van der Waals surface area contributed by atoms with Gasteiger partial charge in [-0.15, -0.1) is 0 Å². The molecule has 0 bridgehead atoms. The Balaban J connectivity index is 1.22. The first-order valence-corrected chi connectivity index (χ1v) is 11.3. The Morgan fingerprint density at radius 3 is 2.58 bits per heavy atom. The molecule has 1 amide bonds. The normalized spacial score (nSPS) is 14.5. The summed E-state index contributed by atoms with van der Waals surface area (Å²) >= 11 is 0. The highest BCUT2D eigenvalue weighted by molar-refractivity contribution is 5.92. The number of nitrogens with one attached hydrogen (secondary N) is 1. The van der Waals surface area contributed by atoms with Crippen molar-refractivity contribution in [1.29, 1.82) is 0 Å². The second kappa shape index (κ2) is 9.32. The summed E-state index contributed by atoms with van der Waals surface area (Å²) in [4.78, 5) is 30.5. The molecule has 0 radical (unpaired) electrons. The van der Waals surface area contributed by atoms with E-state index in [1.54, 1.807) is 0 Å². The van der Waals surface area contributed by atoms with Gasteiger partial charge in [0.25, 0.3) is 11.5 Å². The predicted octanol–water partition coefficient (Wildman–Crippen LogP) is 3.82. The molecule has 168 valence electrons. The molecular formula is C26H26N4O3. The van der Waals surface area contributed by atoms with Crippen molar-refractivity contribution in [2.24, 2.45) is 0 Å². The maximum atomic E-state index is 13.1. The van der Waals surface area contributed by atoms with E-state index < -0.39 is 0 Å². The van der Waals surface area contributed by atoms with E-state index in [1.807, 2.05) is 41.3 Å². The van der Waals surface area contributed by atoms with Gasteiger partial charge < -0.3 is 14.6 Å². The molecule has 1 aliphatic heterocycles. The smallest absolute Gasteiger partial charge is 0.274 e. The molecule has 0 aliphatic carbocycles. The summed E-state index contributed by atoms with van der Waals surface area (Å²) in [6.07, 6.45) is 3.90. The molecule has 33 heavy (non-hydrogen) atoms. The summed E-state index contributed by atoms with van der Waals surface area (Å²) in [5.41, 5.74) is 2.51. The molecule has 1 aliphatic rings. The Kier molecular flexibility index (Phi) is 5.93. The van der Waals surface area contributed by atoms with Crippen molar-refractivity contribution >= 4 is 16.8 Å². The number of aromatic nitrogens is 3. The van der Waals surface area contributed by atoms with Gasteiger partial charge in [0.2, 0.25) is 0 Å². The Morgan fingerprint density at radius 2 is 1.76 bits per heavy atom. The van der Waals surface area contributed by atoms with Crippen LogP contribution >= 0.6 is 0 Å². The monoisotopic (exact) mass is 442 g/mol. The van der Waals surface area contributed by atoms with E-state index in [0.717, 1.165) is 24.1 Å². The van der Waals surface area contributed by atoms with E-state index in [-0.39, 0.29) is 18.0 Å². The van der Waals surface area contributed by atoms with E-state index in [2.05, 4.69) is 34.5 Å².